The van der Waals surface area contributed by atoms with Crippen LogP contribution in [0.1, 0.15) is 44.9 Å². The smallest absolute Gasteiger partial charge is 0.111 e. The van der Waals surface area contributed by atoms with E-state index < -0.39 is 0 Å². The molecule has 3 rings (SSSR count). The summed E-state index contributed by atoms with van der Waals surface area (Å²) in [7, 11) is 0. The molecule has 1 aliphatic rings. The van der Waals surface area contributed by atoms with E-state index in [4.69, 9.17) is 10.8 Å². The van der Waals surface area contributed by atoms with Crippen LogP contribution in [0.5, 0.6) is 0 Å². The highest BCUT2D eigenvalue weighted by Gasteiger charge is 2.23. The molecule has 0 radical (unpaired) electrons. The van der Waals surface area contributed by atoms with Gasteiger partial charge in [0, 0.05) is 19.0 Å². The Labute approximate surface area is 126 Å². The monoisotopic (exact) mass is 286 g/mol. The van der Waals surface area contributed by atoms with Gasteiger partial charge in [0.1, 0.15) is 5.82 Å². The number of aryl methyl sites for hydroxylation is 1. The number of aromatic nitrogens is 2. The third-order valence-corrected chi connectivity index (χ3v) is 4.69. The van der Waals surface area contributed by atoms with Crippen LogP contribution in [0.2, 0.25) is 0 Å². The van der Waals surface area contributed by atoms with Crippen molar-refractivity contribution in [1.29, 1.82) is 0 Å². The molecule has 4 heteroatoms. The predicted molar refractivity (Wildman–Crippen MR) is 86.8 cm³/mol. The molecular weight excluding hydrogens is 260 g/mol. The summed E-state index contributed by atoms with van der Waals surface area (Å²) in [6.45, 7) is 3.24. The predicted octanol–water partition coefficient (Wildman–Crippen LogP) is 3.01. The molecule has 1 fully saturated rings. The zero-order valence-corrected chi connectivity index (χ0v) is 12.9. The molecule has 0 amide bonds. The SMILES string of the molecule is CCCn1c(CC(CC2CCC2)NN)nc2ccccc21. The van der Waals surface area contributed by atoms with Crippen molar-refractivity contribution in [2.24, 2.45) is 11.8 Å². The lowest BCUT2D eigenvalue weighted by Gasteiger charge is -2.29. The molecule has 0 saturated heterocycles. The van der Waals surface area contributed by atoms with Crippen LogP contribution in [-0.2, 0) is 13.0 Å². The second-order valence-electron chi connectivity index (χ2n) is 6.27. The number of rotatable bonds is 7. The normalized spacial score (nSPS) is 17.0. The van der Waals surface area contributed by atoms with Crippen molar-refractivity contribution in [3.8, 4) is 0 Å². The first kappa shape index (κ1) is 14.5. The highest BCUT2D eigenvalue weighted by molar-refractivity contribution is 5.75. The first-order valence-corrected chi connectivity index (χ1v) is 8.22. The molecule has 0 spiro atoms. The van der Waals surface area contributed by atoms with Gasteiger partial charge in [-0.15, -0.1) is 0 Å². The summed E-state index contributed by atoms with van der Waals surface area (Å²) in [5.41, 5.74) is 5.35. The molecule has 4 nitrogen and oxygen atoms in total. The van der Waals surface area contributed by atoms with E-state index in [0.29, 0.717) is 6.04 Å². The van der Waals surface area contributed by atoms with Crippen LogP contribution >= 0.6 is 0 Å². The summed E-state index contributed by atoms with van der Waals surface area (Å²) in [5.74, 6) is 7.80. The third kappa shape index (κ3) is 3.11. The van der Waals surface area contributed by atoms with Crippen molar-refractivity contribution in [3.63, 3.8) is 0 Å². The van der Waals surface area contributed by atoms with E-state index in [1.54, 1.807) is 0 Å². The van der Waals surface area contributed by atoms with E-state index in [2.05, 4.69) is 41.2 Å². The second-order valence-corrected chi connectivity index (χ2v) is 6.27. The number of imidazole rings is 1. The highest BCUT2D eigenvalue weighted by atomic mass is 15.2. The van der Waals surface area contributed by atoms with Gasteiger partial charge in [0.15, 0.2) is 0 Å². The van der Waals surface area contributed by atoms with Crippen LogP contribution in [0.25, 0.3) is 11.0 Å². The summed E-state index contributed by atoms with van der Waals surface area (Å²) in [5, 5.41) is 0. The van der Waals surface area contributed by atoms with Crippen LogP contribution in [0, 0.1) is 5.92 Å². The number of nitrogens with zero attached hydrogens (tertiary/aromatic N) is 2. The topological polar surface area (TPSA) is 55.9 Å². The maximum Gasteiger partial charge on any atom is 0.111 e. The molecule has 1 saturated carbocycles. The van der Waals surface area contributed by atoms with Crippen LogP contribution in [-0.4, -0.2) is 15.6 Å². The molecule has 1 aromatic carbocycles. The molecule has 2 aromatic rings. The molecule has 1 aliphatic carbocycles. The van der Waals surface area contributed by atoms with Crippen molar-refractivity contribution < 1.29 is 0 Å². The standard InChI is InChI=1S/C17H26N4/c1-2-10-21-16-9-4-3-8-15(16)19-17(21)12-14(20-18)11-13-6-5-7-13/h3-4,8-9,13-14,20H,2,5-7,10-12,18H2,1H3. The molecule has 1 aromatic heterocycles. The molecule has 21 heavy (non-hydrogen) atoms. The van der Waals surface area contributed by atoms with E-state index in [1.807, 2.05) is 0 Å². The Morgan fingerprint density at radius 3 is 2.86 bits per heavy atom. The number of benzene rings is 1. The number of nitrogens with one attached hydrogen (secondary N) is 1. The fourth-order valence-corrected chi connectivity index (χ4v) is 3.32. The molecule has 114 valence electrons. The zero-order chi connectivity index (χ0) is 14.7. The summed E-state index contributed by atoms with van der Waals surface area (Å²) < 4.78 is 2.36. The third-order valence-electron chi connectivity index (χ3n) is 4.69. The number of para-hydroxylation sites is 2. The van der Waals surface area contributed by atoms with E-state index in [9.17, 15) is 0 Å². The molecule has 0 aliphatic heterocycles. The Bertz CT molecular complexity index is 585. The summed E-state index contributed by atoms with van der Waals surface area (Å²) in [6.07, 6.45) is 7.33. The second kappa shape index (κ2) is 6.58. The average molecular weight is 286 g/mol. The minimum atomic E-state index is 0.336. The number of hydrogen-bond donors (Lipinski definition) is 2. The van der Waals surface area contributed by atoms with Gasteiger partial charge in [0.05, 0.1) is 11.0 Å². The Morgan fingerprint density at radius 1 is 1.38 bits per heavy atom. The van der Waals surface area contributed by atoms with Crippen LogP contribution in [0.3, 0.4) is 0 Å². The molecule has 1 atom stereocenters. The number of fused-ring (bicyclic) bond motifs is 1. The lowest BCUT2D eigenvalue weighted by atomic mass is 9.80. The minimum absolute atomic E-state index is 0.336. The Hall–Kier alpha value is -1.39. The molecule has 0 bridgehead atoms. The number of hydrazine groups is 1. The minimum Gasteiger partial charge on any atom is -0.328 e. The molecule has 1 unspecified atom stereocenters. The molecule has 1 heterocycles. The molecular formula is C17H26N4. The van der Waals surface area contributed by atoms with E-state index in [1.165, 1.54) is 37.0 Å². The van der Waals surface area contributed by atoms with Crippen molar-refractivity contribution in [2.75, 3.05) is 0 Å². The van der Waals surface area contributed by atoms with Gasteiger partial charge < -0.3 is 4.57 Å². The van der Waals surface area contributed by atoms with Gasteiger partial charge in [-0.25, -0.2) is 4.98 Å². The molecule has 3 N–H and O–H groups in total. The van der Waals surface area contributed by atoms with Crippen molar-refractivity contribution >= 4 is 11.0 Å². The summed E-state index contributed by atoms with van der Waals surface area (Å²) in [4.78, 5) is 4.84. The van der Waals surface area contributed by atoms with E-state index in [0.717, 1.165) is 30.8 Å². The average Bonchev–Trinajstić information content (AvgIpc) is 2.80. The lowest BCUT2D eigenvalue weighted by molar-refractivity contribution is 0.258. The maximum absolute atomic E-state index is 5.78. The van der Waals surface area contributed by atoms with Gasteiger partial charge in [-0.2, -0.15) is 0 Å². The van der Waals surface area contributed by atoms with Crippen molar-refractivity contribution in [1.82, 2.24) is 15.0 Å². The Morgan fingerprint density at radius 2 is 2.19 bits per heavy atom. The van der Waals surface area contributed by atoms with E-state index in [-0.39, 0.29) is 0 Å². The van der Waals surface area contributed by atoms with Gasteiger partial charge in [-0.1, -0.05) is 38.3 Å². The lowest BCUT2D eigenvalue weighted by Crippen LogP contribution is -2.39. The van der Waals surface area contributed by atoms with E-state index >= 15 is 0 Å². The van der Waals surface area contributed by atoms with Crippen LogP contribution in [0.15, 0.2) is 24.3 Å². The first-order chi connectivity index (χ1) is 10.3. The Balaban J connectivity index is 1.82. The zero-order valence-electron chi connectivity index (χ0n) is 12.9. The summed E-state index contributed by atoms with van der Waals surface area (Å²) in [6, 6.07) is 8.75. The van der Waals surface area contributed by atoms with Gasteiger partial charge >= 0.3 is 0 Å². The van der Waals surface area contributed by atoms with Gasteiger partial charge in [0.2, 0.25) is 0 Å². The quantitative estimate of drug-likeness (QED) is 0.607. The van der Waals surface area contributed by atoms with Crippen LogP contribution < -0.4 is 11.3 Å². The maximum atomic E-state index is 5.78. The number of nitrogens with two attached hydrogens (primary N) is 1. The Kier molecular flexibility index (Phi) is 4.56. The largest absolute Gasteiger partial charge is 0.328 e. The number of hydrogen-bond acceptors (Lipinski definition) is 3. The van der Waals surface area contributed by atoms with Gasteiger partial charge in [-0.3, -0.25) is 11.3 Å². The fraction of sp³-hybridized carbons (Fsp3) is 0.588. The van der Waals surface area contributed by atoms with Crippen LogP contribution in [0.4, 0.5) is 0 Å². The van der Waals surface area contributed by atoms with Crippen molar-refractivity contribution in [3.05, 3.63) is 30.1 Å². The fourth-order valence-electron chi connectivity index (χ4n) is 3.32. The highest BCUT2D eigenvalue weighted by Crippen LogP contribution is 2.31. The summed E-state index contributed by atoms with van der Waals surface area (Å²) >= 11 is 0. The van der Waals surface area contributed by atoms with Gasteiger partial charge in [-0.05, 0) is 30.9 Å². The van der Waals surface area contributed by atoms with Crippen molar-refractivity contribution in [2.45, 2.75) is 58.0 Å². The van der Waals surface area contributed by atoms with Gasteiger partial charge in [0.25, 0.3) is 0 Å². The first-order valence-electron chi connectivity index (χ1n) is 8.22.